The van der Waals surface area contributed by atoms with Crippen molar-refractivity contribution in [2.75, 3.05) is 6.54 Å². The second-order valence-electron chi connectivity index (χ2n) is 3.92. The molecule has 1 aromatic carbocycles. The number of hydrogen-bond donors (Lipinski definition) is 1. The molecule has 1 N–H and O–H groups in total. The molecule has 0 saturated carbocycles. The van der Waals surface area contributed by atoms with Gasteiger partial charge in [-0.3, -0.25) is 4.98 Å². The predicted molar refractivity (Wildman–Crippen MR) is 74.6 cm³/mol. The summed E-state index contributed by atoms with van der Waals surface area (Å²) in [6, 6.07) is 11.6. The second-order valence-corrected chi connectivity index (χ2v) is 6.13. The summed E-state index contributed by atoms with van der Waals surface area (Å²) in [5.74, 6) is 0. The number of hydrogen-bond acceptors (Lipinski definition) is 3. The Hall–Kier alpha value is -1.43. The predicted octanol–water partition coefficient (Wildman–Crippen LogP) is 2.26. The van der Waals surface area contributed by atoms with Crippen LogP contribution in [0.15, 0.2) is 53.6 Å². The monoisotopic (exact) mass is 296 g/mol. The quantitative estimate of drug-likeness (QED) is 0.920. The highest BCUT2D eigenvalue weighted by atomic mass is 35.5. The van der Waals surface area contributed by atoms with Crippen molar-refractivity contribution in [3.05, 3.63) is 59.4 Å². The normalized spacial score (nSPS) is 11.4. The van der Waals surface area contributed by atoms with Crippen molar-refractivity contribution >= 4 is 21.6 Å². The van der Waals surface area contributed by atoms with Crippen LogP contribution in [0.1, 0.15) is 5.69 Å². The van der Waals surface area contributed by atoms with Gasteiger partial charge in [-0.25, -0.2) is 13.1 Å². The lowest BCUT2D eigenvalue weighted by molar-refractivity contribution is 0.581. The fraction of sp³-hybridized carbons (Fsp3) is 0.154. The van der Waals surface area contributed by atoms with Crippen molar-refractivity contribution in [3.63, 3.8) is 0 Å². The Kier molecular flexibility index (Phi) is 4.52. The number of benzene rings is 1. The minimum Gasteiger partial charge on any atom is -0.261 e. The van der Waals surface area contributed by atoms with Crippen LogP contribution in [0.4, 0.5) is 0 Å². The van der Waals surface area contributed by atoms with Crippen molar-refractivity contribution < 1.29 is 8.42 Å². The molecule has 0 aliphatic rings. The maximum Gasteiger partial charge on any atom is 0.240 e. The van der Waals surface area contributed by atoms with E-state index in [1.165, 1.54) is 12.1 Å². The molecular weight excluding hydrogens is 284 g/mol. The Morgan fingerprint density at radius 1 is 1.11 bits per heavy atom. The average Bonchev–Trinajstić information content (AvgIpc) is 2.40. The van der Waals surface area contributed by atoms with Gasteiger partial charge in [0, 0.05) is 29.9 Å². The molecule has 0 radical (unpaired) electrons. The van der Waals surface area contributed by atoms with Gasteiger partial charge in [-0.15, -0.1) is 0 Å². The average molecular weight is 297 g/mol. The summed E-state index contributed by atoms with van der Waals surface area (Å²) in [5, 5.41) is 0.507. The highest BCUT2D eigenvalue weighted by Crippen LogP contribution is 2.13. The van der Waals surface area contributed by atoms with Crippen LogP contribution in [-0.4, -0.2) is 19.9 Å². The summed E-state index contributed by atoms with van der Waals surface area (Å²) in [4.78, 5) is 4.34. The molecule has 100 valence electrons. The first kappa shape index (κ1) is 14.0. The number of nitrogens with zero attached hydrogens (tertiary/aromatic N) is 1. The molecule has 0 saturated heterocycles. The molecule has 2 rings (SSSR count). The van der Waals surface area contributed by atoms with E-state index in [0.29, 0.717) is 18.0 Å². The lowest BCUT2D eigenvalue weighted by atomic mass is 10.3. The molecule has 0 fully saturated rings. The zero-order chi connectivity index (χ0) is 13.7. The van der Waals surface area contributed by atoms with E-state index in [0.717, 1.165) is 5.69 Å². The van der Waals surface area contributed by atoms with Crippen LogP contribution in [0.25, 0.3) is 0 Å². The molecule has 6 heteroatoms. The first-order chi connectivity index (χ1) is 9.08. The lowest BCUT2D eigenvalue weighted by Gasteiger charge is -2.06. The third-order valence-corrected chi connectivity index (χ3v) is 4.25. The largest absolute Gasteiger partial charge is 0.261 e. The lowest BCUT2D eigenvalue weighted by Crippen LogP contribution is -2.26. The van der Waals surface area contributed by atoms with E-state index in [-0.39, 0.29) is 4.90 Å². The number of sulfonamides is 1. The molecule has 0 unspecified atom stereocenters. The number of pyridine rings is 1. The summed E-state index contributed by atoms with van der Waals surface area (Å²) < 4.78 is 26.5. The van der Waals surface area contributed by atoms with Gasteiger partial charge in [0.2, 0.25) is 10.0 Å². The van der Waals surface area contributed by atoms with Crippen molar-refractivity contribution in [2.45, 2.75) is 11.3 Å². The van der Waals surface area contributed by atoms with Gasteiger partial charge in [0.05, 0.1) is 4.90 Å². The van der Waals surface area contributed by atoms with Gasteiger partial charge in [0.25, 0.3) is 0 Å². The highest BCUT2D eigenvalue weighted by molar-refractivity contribution is 7.89. The van der Waals surface area contributed by atoms with E-state index < -0.39 is 10.0 Å². The molecule has 2 aromatic rings. The molecule has 0 spiro atoms. The van der Waals surface area contributed by atoms with Gasteiger partial charge in [0.1, 0.15) is 0 Å². The van der Waals surface area contributed by atoms with Crippen LogP contribution in [0, 0.1) is 0 Å². The summed E-state index contributed by atoms with van der Waals surface area (Å²) >= 11 is 5.72. The number of aromatic nitrogens is 1. The molecule has 1 heterocycles. The van der Waals surface area contributed by atoms with Crippen LogP contribution < -0.4 is 4.72 Å². The zero-order valence-electron chi connectivity index (χ0n) is 10.1. The SMILES string of the molecule is O=S(=O)(NCCc1ccccn1)c1ccc(Cl)cc1. The number of halogens is 1. The summed E-state index contributed by atoms with van der Waals surface area (Å²) in [6.45, 7) is 0.308. The summed E-state index contributed by atoms with van der Waals surface area (Å²) in [5.41, 5.74) is 0.848. The van der Waals surface area contributed by atoms with Gasteiger partial charge < -0.3 is 0 Å². The Bertz CT molecular complexity index is 627. The van der Waals surface area contributed by atoms with Gasteiger partial charge in [-0.2, -0.15) is 0 Å². The standard InChI is InChI=1S/C13H13ClN2O2S/c14-11-4-6-13(7-5-11)19(17,18)16-10-8-12-3-1-2-9-15-12/h1-7,9,16H,8,10H2. The maximum absolute atomic E-state index is 12.0. The number of rotatable bonds is 5. The van der Waals surface area contributed by atoms with Crippen LogP contribution in [-0.2, 0) is 16.4 Å². The highest BCUT2D eigenvalue weighted by Gasteiger charge is 2.12. The molecule has 0 aliphatic heterocycles. The minimum atomic E-state index is -3.48. The zero-order valence-corrected chi connectivity index (χ0v) is 11.7. The summed E-state index contributed by atoms with van der Waals surface area (Å²) in [6.07, 6.45) is 2.23. The Labute approximate surface area is 117 Å². The number of nitrogens with one attached hydrogen (secondary N) is 1. The van der Waals surface area contributed by atoms with Crippen molar-refractivity contribution in [1.82, 2.24) is 9.71 Å². The molecule has 19 heavy (non-hydrogen) atoms. The van der Waals surface area contributed by atoms with Crippen LogP contribution in [0.5, 0.6) is 0 Å². The van der Waals surface area contributed by atoms with Crippen LogP contribution in [0.2, 0.25) is 5.02 Å². The van der Waals surface area contributed by atoms with Crippen molar-refractivity contribution in [2.24, 2.45) is 0 Å². The van der Waals surface area contributed by atoms with Gasteiger partial charge in [-0.05, 0) is 36.4 Å². The van der Waals surface area contributed by atoms with Crippen molar-refractivity contribution in [3.8, 4) is 0 Å². The van der Waals surface area contributed by atoms with E-state index in [1.54, 1.807) is 18.3 Å². The van der Waals surface area contributed by atoms with Crippen molar-refractivity contribution in [1.29, 1.82) is 0 Å². The van der Waals surface area contributed by atoms with E-state index in [9.17, 15) is 8.42 Å². The van der Waals surface area contributed by atoms with Gasteiger partial charge in [0.15, 0.2) is 0 Å². The van der Waals surface area contributed by atoms with Gasteiger partial charge in [-0.1, -0.05) is 17.7 Å². The van der Waals surface area contributed by atoms with Crippen LogP contribution >= 0.6 is 11.6 Å². The maximum atomic E-state index is 12.0. The minimum absolute atomic E-state index is 0.206. The Balaban J connectivity index is 1.97. The van der Waals surface area contributed by atoms with E-state index in [1.807, 2.05) is 18.2 Å². The molecule has 0 amide bonds. The third kappa shape index (κ3) is 4.02. The summed E-state index contributed by atoms with van der Waals surface area (Å²) in [7, 11) is -3.48. The molecule has 1 aromatic heterocycles. The molecular formula is C13H13ClN2O2S. The smallest absolute Gasteiger partial charge is 0.240 e. The second kappa shape index (κ2) is 6.14. The Morgan fingerprint density at radius 2 is 1.84 bits per heavy atom. The Morgan fingerprint density at radius 3 is 2.47 bits per heavy atom. The van der Waals surface area contributed by atoms with E-state index in [4.69, 9.17) is 11.6 Å². The third-order valence-electron chi connectivity index (χ3n) is 2.52. The fourth-order valence-corrected chi connectivity index (χ4v) is 2.71. The molecule has 4 nitrogen and oxygen atoms in total. The molecule has 0 bridgehead atoms. The molecule has 0 atom stereocenters. The topological polar surface area (TPSA) is 59.1 Å². The first-order valence-electron chi connectivity index (χ1n) is 5.73. The first-order valence-corrected chi connectivity index (χ1v) is 7.59. The van der Waals surface area contributed by atoms with Crippen LogP contribution in [0.3, 0.4) is 0 Å². The molecule has 0 aliphatic carbocycles. The van der Waals surface area contributed by atoms with E-state index in [2.05, 4.69) is 9.71 Å². The van der Waals surface area contributed by atoms with E-state index >= 15 is 0 Å². The fourth-order valence-electron chi connectivity index (χ4n) is 1.56. The van der Waals surface area contributed by atoms with Gasteiger partial charge >= 0.3 is 0 Å².